The van der Waals surface area contributed by atoms with E-state index in [0.29, 0.717) is 91.4 Å². The van der Waals surface area contributed by atoms with Gasteiger partial charge in [-0.05, 0) is 39.8 Å². The Kier molecular flexibility index (Phi) is 58.4. The van der Waals surface area contributed by atoms with E-state index in [9.17, 15) is 29.1 Å². The van der Waals surface area contributed by atoms with E-state index in [1.165, 1.54) is 173 Å². The lowest BCUT2D eigenvalue weighted by atomic mass is 10.0. The molecule has 15 heteroatoms. The summed E-state index contributed by atoms with van der Waals surface area (Å²) in [5.41, 5.74) is 0. The minimum absolute atomic E-state index is 0.0135. The largest absolute Gasteiger partial charge is 0.465 e. The molecule has 1 unspecified atom stereocenters. The Morgan fingerprint density at radius 2 is 0.702 bits per heavy atom. The van der Waals surface area contributed by atoms with Crippen LogP contribution in [0.5, 0.6) is 0 Å². The first-order chi connectivity index (χ1) is 40.8. The van der Waals surface area contributed by atoms with Crippen LogP contribution in [0.15, 0.2) is 0 Å². The average molecular weight is 1190 g/mol. The second-order valence-corrected chi connectivity index (χ2v) is 25.0. The van der Waals surface area contributed by atoms with E-state index < -0.39 is 6.10 Å². The van der Waals surface area contributed by atoms with Crippen molar-refractivity contribution in [2.24, 2.45) is 0 Å². The van der Waals surface area contributed by atoms with Crippen molar-refractivity contribution >= 4 is 29.7 Å². The fourth-order valence-corrected chi connectivity index (χ4v) is 10.6. The van der Waals surface area contributed by atoms with Gasteiger partial charge in [0.15, 0.2) is 0 Å². The molecule has 2 N–H and O–H groups in total. The van der Waals surface area contributed by atoms with Crippen LogP contribution < -0.4 is 5.32 Å². The molecule has 0 aliphatic rings. The molecule has 0 spiro atoms. The van der Waals surface area contributed by atoms with Crippen LogP contribution in [0.4, 0.5) is 0 Å². The van der Waals surface area contributed by atoms with Crippen LogP contribution in [0.2, 0.25) is 0 Å². The zero-order valence-corrected chi connectivity index (χ0v) is 56.5. The van der Waals surface area contributed by atoms with Gasteiger partial charge in [0.05, 0.1) is 32.4 Å². The highest BCUT2D eigenvalue weighted by Gasteiger charge is 2.20. The van der Waals surface area contributed by atoms with Gasteiger partial charge >= 0.3 is 11.9 Å². The number of carbonyl (C=O) groups is 5. The lowest BCUT2D eigenvalue weighted by Gasteiger charge is -2.27. The summed E-state index contributed by atoms with van der Waals surface area (Å²) in [5.74, 6) is -0.521. The molecule has 0 saturated heterocycles. The van der Waals surface area contributed by atoms with Gasteiger partial charge in [0.2, 0.25) is 17.7 Å². The number of ether oxygens (including phenoxy) is 2. The molecule has 0 aromatic heterocycles. The molecule has 0 bridgehead atoms. The van der Waals surface area contributed by atoms with Gasteiger partial charge in [0.1, 0.15) is 0 Å². The Morgan fingerprint density at radius 1 is 0.369 bits per heavy atom. The van der Waals surface area contributed by atoms with Crippen LogP contribution in [-0.4, -0.2) is 197 Å². The number of nitrogens with one attached hydrogen (secondary N) is 1. The first-order valence-corrected chi connectivity index (χ1v) is 35.3. The van der Waals surface area contributed by atoms with Crippen LogP contribution in [0.1, 0.15) is 285 Å². The van der Waals surface area contributed by atoms with Crippen LogP contribution in [0.3, 0.4) is 0 Å². The summed E-state index contributed by atoms with van der Waals surface area (Å²) in [6.07, 6.45) is 44.9. The number of esters is 2. The fraction of sp³-hybridized carbons (Fsp3) is 0.928. The molecule has 0 rings (SSSR count). The number of aliphatic hydroxyl groups excluding tert-OH is 1. The van der Waals surface area contributed by atoms with E-state index >= 15 is 0 Å². The maximum absolute atomic E-state index is 13.4. The molecular formula is C69H137N7O8. The number of carbonyl (C=O) groups excluding carboxylic acids is 5. The van der Waals surface area contributed by atoms with Crippen LogP contribution in [0, 0.1) is 0 Å². The molecule has 0 fully saturated rings. The number of nitrogens with zero attached hydrogens (tertiary/aromatic N) is 6. The third-order valence-corrected chi connectivity index (χ3v) is 16.7. The Balaban J connectivity index is 5.00. The van der Waals surface area contributed by atoms with Crippen LogP contribution in [0.25, 0.3) is 0 Å². The van der Waals surface area contributed by atoms with E-state index in [1.807, 2.05) is 30.9 Å². The smallest absolute Gasteiger partial charge is 0.320 e. The zero-order valence-electron chi connectivity index (χ0n) is 56.5. The van der Waals surface area contributed by atoms with Crippen molar-refractivity contribution < 1.29 is 38.6 Å². The highest BCUT2D eigenvalue weighted by Crippen LogP contribution is 2.15. The van der Waals surface area contributed by atoms with Gasteiger partial charge < -0.3 is 39.5 Å². The van der Waals surface area contributed by atoms with Crippen molar-refractivity contribution in [1.29, 1.82) is 0 Å². The van der Waals surface area contributed by atoms with E-state index in [2.05, 4.69) is 42.8 Å². The molecule has 0 saturated carbocycles. The number of amides is 3. The SMILES string of the molecule is CCCCCCCCCCCCNC(=O)CCN(CCN(C)C(=O)CCN(C)CCN(C)CCC(=O)N(C)CCN(CC(=O)OCCCCCCCCCC)CC(O)CCCCCCCCCCCC)CC(=O)OCCCCCCCCCC. The zero-order chi connectivity index (χ0) is 61.9. The highest BCUT2D eigenvalue weighted by molar-refractivity contribution is 5.77. The second kappa shape index (κ2) is 60.4. The number of hydrogen-bond acceptors (Lipinski definition) is 12. The summed E-state index contributed by atoms with van der Waals surface area (Å²) in [6, 6.07) is 0. The fourth-order valence-electron chi connectivity index (χ4n) is 10.6. The van der Waals surface area contributed by atoms with Crippen LogP contribution in [-0.2, 0) is 33.4 Å². The first kappa shape index (κ1) is 81.2. The molecule has 0 heterocycles. The normalized spacial score (nSPS) is 12.0. The van der Waals surface area contributed by atoms with Gasteiger partial charge in [-0.2, -0.15) is 0 Å². The molecule has 0 aliphatic heterocycles. The molecule has 1 atom stereocenters. The number of rotatable bonds is 64. The lowest BCUT2D eigenvalue weighted by Crippen LogP contribution is -2.43. The molecule has 84 heavy (non-hydrogen) atoms. The molecule has 496 valence electrons. The van der Waals surface area contributed by atoms with E-state index in [1.54, 1.807) is 16.8 Å². The topological polar surface area (TPSA) is 156 Å². The van der Waals surface area contributed by atoms with Gasteiger partial charge in [-0.3, -0.25) is 33.8 Å². The minimum atomic E-state index is -0.541. The van der Waals surface area contributed by atoms with Gasteiger partial charge in [0.25, 0.3) is 0 Å². The summed E-state index contributed by atoms with van der Waals surface area (Å²) in [6.45, 7) is 15.9. The maximum Gasteiger partial charge on any atom is 0.320 e. The molecule has 0 aliphatic carbocycles. The minimum Gasteiger partial charge on any atom is -0.465 e. The van der Waals surface area contributed by atoms with Gasteiger partial charge in [0, 0.05) is 105 Å². The van der Waals surface area contributed by atoms with Gasteiger partial charge in [-0.1, -0.05) is 240 Å². The third-order valence-electron chi connectivity index (χ3n) is 16.7. The van der Waals surface area contributed by atoms with Gasteiger partial charge in [-0.25, -0.2) is 0 Å². The first-order valence-electron chi connectivity index (χ1n) is 35.3. The van der Waals surface area contributed by atoms with Crippen molar-refractivity contribution in [3.8, 4) is 0 Å². The maximum atomic E-state index is 13.4. The quantitative estimate of drug-likeness (QED) is 0.0440. The highest BCUT2D eigenvalue weighted by atomic mass is 16.5. The number of unbranched alkanes of at least 4 members (excludes halogenated alkanes) is 32. The summed E-state index contributed by atoms with van der Waals surface area (Å²) in [5, 5.41) is 14.2. The Labute approximate surface area is 517 Å². The summed E-state index contributed by atoms with van der Waals surface area (Å²) in [7, 11) is 7.63. The molecular weight excluding hydrogens is 1050 g/mol. The van der Waals surface area contributed by atoms with Gasteiger partial charge in [-0.15, -0.1) is 0 Å². The molecule has 0 aromatic carbocycles. The predicted octanol–water partition coefficient (Wildman–Crippen LogP) is 13.6. The summed E-state index contributed by atoms with van der Waals surface area (Å²) in [4.78, 5) is 77.3. The Hall–Kier alpha value is -2.85. The third kappa shape index (κ3) is 54.5. The molecule has 0 radical (unpaired) electrons. The standard InChI is InChI=1S/C69H137N7O8/c1-9-13-17-21-25-29-31-33-37-41-45-64(77)61-76(63-69(82)84-60-44-40-36-28-24-20-16-12-4)58-56-74(8)67(80)48-51-72(6)54-53-71(5)50-47-66(79)73(7)55-57-75(62-68(81)83-59-43-39-35-27-23-19-15-11-3)52-46-65(78)70-49-42-38-34-32-30-26-22-18-14-10-2/h64,77H,9-63H2,1-8H3,(H,70,78). The molecule has 0 aromatic rings. The number of hydrogen-bond donors (Lipinski definition) is 2. The van der Waals surface area contributed by atoms with E-state index in [0.717, 1.165) is 70.9 Å². The molecule has 3 amide bonds. The Bertz CT molecular complexity index is 1530. The predicted molar refractivity (Wildman–Crippen MR) is 351 cm³/mol. The van der Waals surface area contributed by atoms with E-state index in [4.69, 9.17) is 9.47 Å². The van der Waals surface area contributed by atoms with Crippen molar-refractivity contribution in [3.05, 3.63) is 0 Å². The number of aliphatic hydroxyl groups is 1. The summed E-state index contributed by atoms with van der Waals surface area (Å²) < 4.78 is 11.3. The second-order valence-electron chi connectivity index (χ2n) is 25.0. The Morgan fingerprint density at radius 3 is 1.10 bits per heavy atom. The van der Waals surface area contributed by atoms with Crippen molar-refractivity contribution in [2.45, 2.75) is 291 Å². The van der Waals surface area contributed by atoms with Crippen LogP contribution >= 0.6 is 0 Å². The number of likely N-dealkylation sites (N-methyl/N-ethyl adjacent to an activating group) is 4. The summed E-state index contributed by atoms with van der Waals surface area (Å²) >= 11 is 0. The van der Waals surface area contributed by atoms with E-state index in [-0.39, 0.29) is 49.2 Å². The van der Waals surface area contributed by atoms with Crippen molar-refractivity contribution in [1.82, 2.24) is 34.7 Å². The monoisotopic (exact) mass is 1190 g/mol. The van der Waals surface area contributed by atoms with Crippen molar-refractivity contribution in [2.75, 3.05) is 126 Å². The van der Waals surface area contributed by atoms with Crippen molar-refractivity contribution in [3.63, 3.8) is 0 Å². The lowest BCUT2D eigenvalue weighted by molar-refractivity contribution is -0.146. The molecule has 15 nitrogen and oxygen atoms in total. The average Bonchev–Trinajstić information content (AvgIpc) is 3.50.